The van der Waals surface area contributed by atoms with Crippen LogP contribution in [-0.4, -0.2) is 23.0 Å². The van der Waals surface area contributed by atoms with Gasteiger partial charge in [0.25, 0.3) is 0 Å². The number of amides is 1. The van der Waals surface area contributed by atoms with Crippen molar-refractivity contribution in [1.29, 1.82) is 0 Å². The average molecular weight is 387 g/mol. The number of carbonyl (C=O) groups excluding carboxylic acids is 1. The van der Waals surface area contributed by atoms with Crippen LogP contribution >= 0.6 is 0 Å². The van der Waals surface area contributed by atoms with Crippen molar-refractivity contribution in [1.82, 2.24) is 10.3 Å². The smallest absolute Gasteiger partial charge is 0.410 e. The molecule has 146 valence electrons. The van der Waals surface area contributed by atoms with Gasteiger partial charge in [-0.05, 0) is 28.8 Å². The number of rotatable bonds is 6. The molecule has 1 aliphatic heterocycles. The van der Waals surface area contributed by atoms with Crippen molar-refractivity contribution in [2.45, 2.75) is 25.7 Å². The number of carbonyl (C=O) groups is 1. The number of oxime groups is 1. The molecular weight excluding hydrogens is 366 g/mol. The van der Waals surface area contributed by atoms with Crippen LogP contribution in [0.2, 0.25) is 0 Å². The Balaban J connectivity index is 1.31. The summed E-state index contributed by atoms with van der Waals surface area (Å²) in [4.78, 5) is 21.5. The second-order valence-corrected chi connectivity index (χ2v) is 6.70. The van der Waals surface area contributed by atoms with Crippen LogP contribution in [0.15, 0.2) is 84.1 Å². The molecule has 1 amide bonds. The summed E-state index contributed by atoms with van der Waals surface area (Å²) in [7, 11) is 0. The fraction of sp³-hybridized carbons (Fsp3) is 0.174. The van der Waals surface area contributed by atoms with Crippen LogP contribution in [0.5, 0.6) is 0 Å². The zero-order valence-electron chi connectivity index (χ0n) is 15.8. The van der Waals surface area contributed by atoms with Gasteiger partial charge in [0.2, 0.25) is 6.23 Å². The lowest BCUT2D eigenvalue weighted by atomic mass is 9.95. The molecule has 4 rings (SSSR count). The Labute approximate surface area is 169 Å². The molecule has 0 radical (unpaired) electrons. The predicted molar refractivity (Wildman–Crippen MR) is 110 cm³/mol. The number of aromatic nitrogens is 1. The van der Waals surface area contributed by atoms with Crippen LogP contribution in [0.3, 0.4) is 0 Å². The Morgan fingerprint density at radius 3 is 2.66 bits per heavy atom. The third kappa shape index (κ3) is 4.99. The predicted octanol–water partition coefficient (Wildman–Crippen LogP) is 4.32. The Morgan fingerprint density at radius 2 is 1.83 bits per heavy atom. The number of hydrogen-bond acceptors (Lipinski definition) is 5. The molecule has 3 aromatic rings. The second kappa shape index (κ2) is 9.01. The highest BCUT2D eigenvalue weighted by Crippen LogP contribution is 2.25. The highest BCUT2D eigenvalue weighted by molar-refractivity contribution is 5.89. The summed E-state index contributed by atoms with van der Waals surface area (Å²) in [6, 6.07) is 23.9. The first-order valence-electron chi connectivity index (χ1n) is 9.46. The van der Waals surface area contributed by atoms with Crippen molar-refractivity contribution < 1.29 is 14.4 Å². The molecule has 2 heterocycles. The van der Waals surface area contributed by atoms with Gasteiger partial charge in [-0.1, -0.05) is 65.8 Å². The molecule has 0 spiro atoms. The van der Waals surface area contributed by atoms with E-state index in [1.807, 2.05) is 42.5 Å². The minimum Gasteiger partial charge on any atom is -0.443 e. The Morgan fingerprint density at radius 1 is 1.03 bits per heavy atom. The molecule has 0 saturated carbocycles. The Kier molecular flexibility index (Phi) is 5.81. The number of hydrogen-bond donors (Lipinski definition) is 1. The van der Waals surface area contributed by atoms with Crippen LogP contribution < -0.4 is 5.32 Å². The van der Waals surface area contributed by atoms with Crippen molar-refractivity contribution in [3.05, 3.63) is 90.3 Å². The molecule has 1 atom stereocenters. The number of ether oxygens (including phenoxy) is 1. The van der Waals surface area contributed by atoms with Crippen LogP contribution in [0.25, 0.3) is 11.1 Å². The molecule has 0 fully saturated rings. The monoisotopic (exact) mass is 387 g/mol. The lowest BCUT2D eigenvalue weighted by molar-refractivity contribution is 0.0497. The SMILES string of the molecule is O=C(NC1CC(Cc2ccccc2-c2ccccc2)=NO1)OCc1ccccn1. The normalized spacial score (nSPS) is 15.3. The first kappa shape index (κ1) is 18.7. The highest BCUT2D eigenvalue weighted by Gasteiger charge is 2.24. The van der Waals surface area contributed by atoms with Crippen LogP contribution in [-0.2, 0) is 22.6 Å². The molecule has 6 nitrogen and oxygen atoms in total. The van der Waals surface area contributed by atoms with E-state index < -0.39 is 12.3 Å². The quantitative estimate of drug-likeness (QED) is 0.684. The lowest BCUT2D eigenvalue weighted by Crippen LogP contribution is -2.35. The average Bonchev–Trinajstić information content (AvgIpc) is 3.20. The lowest BCUT2D eigenvalue weighted by Gasteiger charge is -2.11. The van der Waals surface area contributed by atoms with E-state index in [9.17, 15) is 4.79 Å². The van der Waals surface area contributed by atoms with Crippen molar-refractivity contribution in [3.8, 4) is 11.1 Å². The third-order valence-electron chi connectivity index (χ3n) is 4.58. The van der Waals surface area contributed by atoms with Gasteiger partial charge in [-0.3, -0.25) is 10.3 Å². The second-order valence-electron chi connectivity index (χ2n) is 6.70. The largest absolute Gasteiger partial charge is 0.443 e. The fourth-order valence-electron chi connectivity index (χ4n) is 3.20. The van der Waals surface area contributed by atoms with Gasteiger partial charge < -0.3 is 9.57 Å². The van der Waals surface area contributed by atoms with Crippen molar-refractivity contribution in [3.63, 3.8) is 0 Å². The van der Waals surface area contributed by atoms with Gasteiger partial charge in [-0.25, -0.2) is 4.79 Å². The maximum atomic E-state index is 12.0. The maximum absolute atomic E-state index is 12.0. The van der Waals surface area contributed by atoms with Crippen molar-refractivity contribution in [2.75, 3.05) is 0 Å². The van der Waals surface area contributed by atoms with E-state index in [-0.39, 0.29) is 6.61 Å². The summed E-state index contributed by atoms with van der Waals surface area (Å²) in [6.07, 6.45) is 1.75. The topological polar surface area (TPSA) is 72.8 Å². The van der Waals surface area contributed by atoms with E-state index in [0.29, 0.717) is 18.5 Å². The van der Waals surface area contributed by atoms with Crippen LogP contribution in [0.4, 0.5) is 4.79 Å². The van der Waals surface area contributed by atoms with Gasteiger partial charge in [0.1, 0.15) is 6.61 Å². The Bertz CT molecular complexity index is 991. The molecule has 1 aliphatic rings. The van der Waals surface area contributed by atoms with E-state index in [4.69, 9.17) is 9.57 Å². The van der Waals surface area contributed by atoms with Gasteiger partial charge in [-0.2, -0.15) is 0 Å². The number of benzene rings is 2. The maximum Gasteiger partial charge on any atom is 0.410 e. The molecule has 0 bridgehead atoms. The Hall–Kier alpha value is -3.67. The molecule has 0 aliphatic carbocycles. The number of alkyl carbamates (subject to hydrolysis) is 1. The van der Waals surface area contributed by atoms with Crippen molar-refractivity contribution >= 4 is 11.8 Å². The van der Waals surface area contributed by atoms with Gasteiger partial charge >= 0.3 is 6.09 Å². The first-order chi connectivity index (χ1) is 14.3. The van der Waals surface area contributed by atoms with Crippen molar-refractivity contribution in [2.24, 2.45) is 5.16 Å². The zero-order chi connectivity index (χ0) is 19.9. The summed E-state index contributed by atoms with van der Waals surface area (Å²) >= 11 is 0. The van der Waals surface area contributed by atoms with E-state index >= 15 is 0 Å². The van der Waals surface area contributed by atoms with E-state index in [1.54, 1.807) is 12.3 Å². The van der Waals surface area contributed by atoms with Crippen LogP contribution in [0.1, 0.15) is 17.7 Å². The first-order valence-corrected chi connectivity index (χ1v) is 9.46. The highest BCUT2D eigenvalue weighted by atomic mass is 16.7. The zero-order valence-corrected chi connectivity index (χ0v) is 15.8. The molecule has 1 N–H and O–H groups in total. The van der Waals surface area contributed by atoms with Gasteiger partial charge in [0.05, 0.1) is 11.4 Å². The summed E-state index contributed by atoms with van der Waals surface area (Å²) in [6.45, 7) is 0.109. The minimum atomic E-state index is -0.554. The van der Waals surface area contributed by atoms with E-state index in [0.717, 1.165) is 11.3 Å². The van der Waals surface area contributed by atoms with Crippen LogP contribution in [0, 0.1) is 0 Å². The van der Waals surface area contributed by atoms with E-state index in [1.165, 1.54) is 11.1 Å². The standard InChI is InChI=1S/C23H21N3O3/c27-23(28-16-19-11-6-7-13-24-19)25-22-15-20(26-29-22)14-18-10-4-5-12-21(18)17-8-2-1-3-9-17/h1-13,22H,14-16H2,(H,25,27). The third-order valence-corrected chi connectivity index (χ3v) is 4.58. The van der Waals surface area contributed by atoms with Gasteiger partial charge in [-0.15, -0.1) is 0 Å². The molecule has 1 aromatic heterocycles. The number of pyridine rings is 1. The molecule has 29 heavy (non-hydrogen) atoms. The summed E-state index contributed by atoms with van der Waals surface area (Å²) < 4.78 is 5.18. The van der Waals surface area contributed by atoms with Gasteiger partial charge in [0, 0.05) is 19.0 Å². The number of nitrogens with zero attached hydrogens (tertiary/aromatic N) is 2. The fourth-order valence-corrected chi connectivity index (χ4v) is 3.20. The summed E-state index contributed by atoms with van der Waals surface area (Å²) in [5.74, 6) is 0. The molecule has 0 saturated heterocycles. The molecule has 6 heteroatoms. The van der Waals surface area contributed by atoms with E-state index in [2.05, 4.69) is 39.7 Å². The molecule has 2 aromatic carbocycles. The minimum absolute atomic E-state index is 0.109. The number of nitrogens with one attached hydrogen (secondary N) is 1. The molecular formula is C23H21N3O3. The van der Waals surface area contributed by atoms with Gasteiger partial charge in [0.15, 0.2) is 0 Å². The summed E-state index contributed by atoms with van der Waals surface area (Å²) in [5.41, 5.74) is 5.06. The summed E-state index contributed by atoms with van der Waals surface area (Å²) in [5, 5.41) is 6.84. The molecule has 1 unspecified atom stereocenters.